The van der Waals surface area contributed by atoms with Crippen molar-refractivity contribution in [3.8, 4) is 0 Å². The summed E-state index contributed by atoms with van der Waals surface area (Å²) in [6, 6.07) is 7.17. The first kappa shape index (κ1) is 18.8. The molecule has 1 saturated carbocycles. The molecule has 1 aliphatic rings. The second kappa shape index (κ2) is 9.07. The number of benzene rings is 1. The molecule has 1 fully saturated rings. The average molecular weight is 351 g/mol. The maximum atomic E-state index is 12.6. The number of carbonyl (C=O) groups excluding carboxylic acids is 2. The fraction of sp³-hybridized carbons (Fsp3) is 0.579. The van der Waals surface area contributed by atoms with E-state index in [0.29, 0.717) is 18.0 Å². The summed E-state index contributed by atoms with van der Waals surface area (Å²) in [5.41, 5.74) is 0.971. The zero-order chi connectivity index (χ0) is 17.5. The zero-order valence-corrected chi connectivity index (χ0v) is 15.3. The molecule has 1 N–H and O–H groups in total. The van der Waals surface area contributed by atoms with E-state index in [1.807, 2.05) is 26.0 Å². The Morgan fingerprint density at radius 3 is 2.42 bits per heavy atom. The van der Waals surface area contributed by atoms with E-state index in [1.165, 1.54) is 19.3 Å². The van der Waals surface area contributed by atoms with Crippen LogP contribution in [-0.4, -0.2) is 28.8 Å². The van der Waals surface area contributed by atoms with E-state index in [9.17, 15) is 9.59 Å². The number of hydrogen-bond donors (Lipinski definition) is 1. The molecule has 24 heavy (non-hydrogen) atoms. The summed E-state index contributed by atoms with van der Waals surface area (Å²) in [4.78, 5) is 26.6. The number of halogens is 1. The van der Waals surface area contributed by atoms with Gasteiger partial charge in [-0.2, -0.15) is 0 Å². The van der Waals surface area contributed by atoms with Crippen molar-refractivity contribution in [1.29, 1.82) is 0 Å². The van der Waals surface area contributed by atoms with Gasteiger partial charge in [0.25, 0.3) is 0 Å². The van der Waals surface area contributed by atoms with Gasteiger partial charge in [0, 0.05) is 24.0 Å². The van der Waals surface area contributed by atoms with Gasteiger partial charge in [0.1, 0.15) is 6.04 Å². The molecular formula is C19H27ClN2O2. The van der Waals surface area contributed by atoms with Gasteiger partial charge >= 0.3 is 0 Å². The van der Waals surface area contributed by atoms with Crippen molar-refractivity contribution < 1.29 is 9.59 Å². The molecule has 1 aromatic carbocycles. The Labute approximate surface area is 149 Å². The van der Waals surface area contributed by atoms with Gasteiger partial charge in [0.15, 0.2) is 0 Å². The highest BCUT2D eigenvalue weighted by molar-refractivity contribution is 6.30. The summed E-state index contributed by atoms with van der Waals surface area (Å²) in [7, 11) is 0. The molecule has 1 aromatic rings. The Kier molecular flexibility index (Phi) is 7.10. The van der Waals surface area contributed by atoms with E-state index >= 15 is 0 Å². The minimum Gasteiger partial charge on any atom is -0.352 e. The van der Waals surface area contributed by atoms with Crippen LogP contribution in [0.4, 0.5) is 0 Å². The topological polar surface area (TPSA) is 49.4 Å². The fourth-order valence-corrected chi connectivity index (χ4v) is 3.27. The number of nitrogens with one attached hydrogen (secondary N) is 1. The standard InChI is InChI=1S/C19H27ClN2O2/c1-3-18(23)22(13-15-9-11-16(20)12-10-15)14(2)19(24)21-17-7-5-4-6-8-17/h9-12,14,17H,3-8,13H2,1-2H3,(H,21,24)/t14-/m0/s1. The van der Waals surface area contributed by atoms with Crippen LogP contribution in [-0.2, 0) is 16.1 Å². The maximum absolute atomic E-state index is 12.6. The lowest BCUT2D eigenvalue weighted by Gasteiger charge is -2.31. The summed E-state index contributed by atoms with van der Waals surface area (Å²) in [6.45, 7) is 4.05. The first-order chi connectivity index (χ1) is 11.5. The van der Waals surface area contributed by atoms with Gasteiger partial charge in [-0.3, -0.25) is 9.59 Å². The van der Waals surface area contributed by atoms with Gasteiger partial charge in [0.2, 0.25) is 11.8 Å². The molecule has 5 heteroatoms. The Morgan fingerprint density at radius 1 is 1.21 bits per heavy atom. The fourth-order valence-electron chi connectivity index (χ4n) is 3.14. The number of carbonyl (C=O) groups is 2. The van der Waals surface area contributed by atoms with Crippen LogP contribution in [0.25, 0.3) is 0 Å². The molecule has 132 valence electrons. The Morgan fingerprint density at radius 2 is 1.83 bits per heavy atom. The summed E-state index contributed by atoms with van der Waals surface area (Å²) in [5, 5.41) is 3.78. The minimum absolute atomic E-state index is 0.0174. The molecule has 1 atom stereocenters. The predicted molar refractivity (Wildman–Crippen MR) is 96.8 cm³/mol. The molecule has 0 saturated heterocycles. The van der Waals surface area contributed by atoms with Crippen LogP contribution >= 0.6 is 11.6 Å². The lowest BCUT2D eigenvalue weighted by Crippen LogP contribution is -2.50. The molecule has 0 radical (unpaired) electrons. The van der Waals surface area contributed by atoms with Gasteiger partial charge in [-0.25, -0.2) is 0 Å². The highest BCUT2D eigenvalue weighted by Crippen LogP contribution is 2.18. The van der Waals surface area contributed by atoms with Crippen molar-refractivity contribution in [2.24, 2.45) is 0 Å². The smallest absolute Gasteiger partial charge is 0.242 e. The van der Waals surface area contributed by atoms with Crippen molar-refractivity contribution in [2.75, 3.05) is 0 Å². The number of hydrogen-bond acceptors (Lipinski definition) is 2. The van der Waals surface area contributed by atoms with Crippen LogP contribution in [0.15, 0.2) is 24.3 Å². The normalized spacial score (nSPS) is 16.5. The third-order valence-electron chi connectivity index (χ3n) is 4.69. The minimum atomic E-state index is -0.477. The molecule has 2 rings (SSSR count). The number of nitrogens with zero attached hydrogens (tertiary/aromatic N) is 1. The van der Waals surface area contributed by atoms with Gasteiger partial charge in [-0.15, -0.1) is 0 Å². The lowest BCUT2D eigenvalue weighted by molar-refractivity contribution is -0.140. The number of rotatable bonds is 6. The van der Waals surface area contributed by atoms with Crippen molar-refractivity contribution in [3.63, 3.8) is 0 Å². The second-order valence-electron chi connectivity index (χ2n) is 6.52. The summed E-state index contributed by atoms with van der Waals surface area (Å²) < 4.78 is 0. The molecular weight excluding hydrogens is 324 g/mol. The average Bonchev–Trinajstić information content (AvgIpc) is 2.61. The highest BCUT2D eigenvalue weighted by Gasteiger charge is 2.27. The van der Waals surface area contributed by atoms with E-state index in [-0.39, 0.29) is 17.9 Å². The van der Waals surface area contributed by atoms with Gasteiger partial charge in [0.05, 0.1) is 0 Å². The van der Waals surface area contributed by atoms with Crippen molar-refractivity contribution in [2.45, 2.75) is 71.0 Å². The van der Waals surface area contributed by atoms with Crippen LogP contribution in [0.2, 0.25) is 5.02 Å². The van der Waals surface area contributed by atoms with Crippen LogP contribution in [0.3, 0.4) is 0 Å². The monoisotopic (exact) mass is 350 g/mol. The molecule has 0 spiro atoms. The molecule has 0 aliphatic heterocycles. The van der Waals surface area contributed by atoms with Crippen molar-refractivity contribution in [1.82, 2.24) is 10.2 Å². The molecule has 1 aliphatic carbocycles. The molecule has 0 aromatic heterocycles. The molecule has 0 bridgehead atoms. The summed E-state index contributed by atoms with van der Waals surface area (Å²) in [5.74, 6) is -0.0751. The first-order valence-electron chi connectivity index (χ1n) is 8.85. The Bertz CT molecular complexity index is 553. The van der Waals surface area contributed by atoms with Gasteiger partial charge < -0.3 is 10.2 Å². The molecule has 0 heterocycles. The molecule has 4 nitrogen and oxygen atoms in total. The predicted octanol–water partition coefficient (Wildman–Crippen LogP) is 3.92. The van der Waals surface area contributed by atoms with E-state index in [2.05, 4.69) is 5.32 Å². The van der Waals surface area contributed by atoms with Gasteiger partial charge in [-0.1, -0.05) is 49.9 Å². The first-order valence-corrected chi connectivity index (χ1v) is 9.23. The molecule has 0 unspecified atom stereocenters. The quantitative estimate of drug-likeness (QED) is 0.845. The van der Waals surface area contributed by atoms with Crippen LogP contribution in [0.5, 0.6) is 0 Å². The second-order valence-corrected chi connectivity index (χ2v) is 6.96. The van der Waals surface area contributed by atoms with Crippen LogP contribution < -0.4 is 5.32 Å². The summed E-state index contributed by atoms with van der Waals surface area (Å²) in [6.07, 6.45) is 6.05. The van der Waals surface area contributed by atoms with Crippen molar-refractivity contribution in [3.05, 3.63) is 34.9 Å². The van der Waals surface area contributed by atoms with Crippen LogP contribution in [0, 0.1) is 0 Å². The maximum Gasteiger partial charge on any atom is 0.242 e. The Hall–Kier alpha value is -1.55. The van der Waals surface area contributed by atoms with E-state index in [1.54, 1.807) is 17.0 Å². The zero-order valence-electron chi connectivity index (χ0n) is 14.6. The van der Waals surface area contributed by atoms with E-state index in [4.69, 9.17) is 11.6 Å². The SMILES string of the molecule is CCC(=O)N(Cc1ccc(Cl)cc1)[C@@H](C)C(=O)NC1CCCCC1. The lowest BCUT2D eigenvalue weighted by atomic mass is 9.95. The van der Waals surface area contributed by atoms with E-state index < -0.39 is 6.04 Å². The summed E-state index contributed by atoms with van der Waals surface area (Å²) >= 11 is 5.91. The van der Waals surface area contributed by atoms with Gasteiger partial charge in [-0.05, 0) is 37.5 Å². The van der Waals surface area contributed by atoms with Crippen molar-refractivity contribution >= 4 is 23.4 Å². The number of amides is 2. The molecule has 2 amide bonds. The van der Waals surface area contributed by atoms with Crippen LogP contribution in [0.1, 0.15) is 57.9 Å². The highest BCUT2D eigenvalue weighted by atomic mass is 35.5. The third kappa shape index (κ3) is 5.23. The van der Waals surface area contributed by atoms with E-state index in [0.717, 1.165) is 18.4 Å². The largest absolute Gasteiger partial charge is 0.352 e. The Balaban J connectivity index is 2.03. The third-order valence-corrected chi connectivity index (χ3v) is 4.94.